The third-order valence-corrected chi connectivity index (χ3v) is 3.92. The molecule has 0 aromatic carbocycles. The van der Waals surface area contributed by atoms with Crippen LogP contribution in [0, 0.1) is 0 Å². The number of hydrogen-bond acceptors (Lipinski definition) is 4. The summed E-state index contributed by atoms with van der Waals surface area (Å²) in [4.78, 5) is 23.2. The van der Waals surface area contributed by atoms with Gasteiger partial charge in [0.05, 0.1) is 5.02 Å². The smallest absolute Gasteiger partial charge is 0.242 e. The van der Waals surface area contributed by atoms with Gasteiger partial charge in [0.15, 0.2) is 5.65 Å². The second kappa shape index (κ2) is 5.99. The van der Waals surface area contributed by atoms with Gasteiger partial charge in [0.1, 0.15) is 17.9 Å². The minimum atomic E-state index is 0.113. The summed E-state index contributed by atoms with van der Waals surface area (Å²) in [7, 11) is 0. The van der Waals surface area contributed by atoms with E-state index in [0.717, 1.165) is 49.6 Å². The highest BCUT2D eigenvalue weighted by Gasteiger charge is 2.19. The first-order valence-electron chi connectivity index (χ1n) is 7.18. The Morgan fingerprint density at radius 1 is 1.43 bits per heavy atom. The normalized spacial score (nSPS) is 15.6. The van der Waals surface area contributed by atoms with E-state index in [9.17, 15) is 4.79 Å². The molecule has 0 unspecified atom stereocenters. The number of hydrogen-bond donors (Lipinski definition) is 1. The van der Waals surface area contributed by atoms with Crippen LogP contribution in [0.15, 0.2) is 12.3 Å². The van der Waals surface area contributed by atoms with E-state index in [1.165, 1.54) is 0 Å². The monoisotopic (exact) mass is 307 g/mol. The summed E-state index contributed by atoms with van der Waals surface area (Å²) in [6.07, 6.45) is 2.35. The van der Waals surface area contributed by atoms with E-state index >= 15 is 0 Å². The fraction of sp³-hybridized carbons (Fsp3) is 0.500. The maximum absolute atomic E-state index is 12.4. The first-order valence-corrected chi connectivity index (χ1v) is 7.56. The molecule has 3 rings (SSSR count). The fourth-order valence-corrected chi connectivity index (χ4v) is 2.77. The van der Waals surface area contributed by atoms with Crippen molar-refractivity contribution < 1.29 is 4.79 Å². The number of aryl methyl sites for hydroxylation is 1. The number of aromatic nitrogens is 3. The standard InChI is InChI=1S/C14H18ClN5O/c1-2-12-18-11-7-10(15)8-17-14(11)20(12)9-13(21)19-5-3-16-4-6-19/h7-8,16H,2-6,9H2,1H3. The van der Waals surface area contributed by atoms with E-state index in [1.54, 1.807) is 12.3 Å². The Bertz CT molecular complexity index is 663. The highest BCUT2D eigenvalue weighted by Crippen LogP contribution is 2.18. The van der Waals surface area contributed by atoms with Gasteiger partial charge in [-0.15, -0.1) is 0 Å². The Morgan fingerprint density at radius 3 is 2.90 bits per heavy atom. The van der Waals surface area contributed by atoms with Crippen LogP contribution in [0.25, 0.3) is 11.2 Å². The molecule has 1 aliphatic heterocycles. The summed E-state index contributed by atoms with van der Waals surface area (Å²) in [5.74, 6) is 0.977. The number of carbonyl (C=O) groups is 1. The van der Waals surface area contributed by atoms with Crippen LogP contribution in [-0.2, 0) is 17.8 Å². The SMILES string of the molecule is CCc1nc2cc(Cl)cnc2n1CC(=O)N1CCNCC1. The van der Waals surface area contributed by atoms with Crippen molar-refractivity contribution in [3.05, 3.63) is 23.1 Å². The lowest BCUT2D eigenvalue weighted by Crippen LogP contribution is -2.47. The maximum atomic E-state index is 12.4. The van der Waals surface area contributed by atoms with Crippen molar-refractivity contribution in [2.45, 2.75) is 19.9 Å². The lowest BCUT2D eigenvalue weighted by Gasteiger charge is -2.27. The Labute approximate surface area is 128 Å². The minimum Gasteiger partial charge on any atom is -0.339 e. The van der Waals surface area contributed by atoms with Crippen molar-refractivity contribution >= 4 is 28.7 Å². The predicted octanol–water partition coefficient (Wildman–Crippen LogP) is 1.08. The molecular formula is C14H18ClN5O. The van der Waals surface area contributed by atoms with Gasteiger partial charge in [0.25, 0.3) is 0 Å². The highest BCUT2D eigenvalue weighted by molar-refractivity contribution is 6.31. The summed E-state index contributed by atoms with van der Waals surface area (Å²) in [6.45, 7) is 5.52. The first-order chi connectivity index (χ1) is 10.2. The fourth-order valence-electron chi connectivity index (χ4n) is 2.62. The zero-order valence-corrected chi connectivity index (χ0v) is 12.7. The first kappa shape index (κ1) is 14.3. The molecule has 7 heteroatoms. The van der Waals surface area contributed by atoms with Crippen molar-refractivity contribution in [2.75, 3.05) is 26.2 Å². The zero-order chi connectivity index (χ0) is 14.8. The van der Waals surface area contributed by atoms with E-state index in [-0.39, 0.29) is 12.5 Å². The van der Waals surface area contributed by atoms with Gasteiger partial charge in [-0.25, -0.2) is 9.97 Å². The van der Waals surface area contributed by atoms with E-state index in [0.29, 0.717) is 5.02 Å². The van der Waals surface area contributed by atoms with Crippen LogP contribution in [0.4, 0.5) is 0 Å². The molecule has 1 fully saturated rings. The van der Waals surface area contributed by atoms with E-state index in [2.05, 4.69) is 15.3 Å². The number of fused-ring (bicyclic) bond motifs is 1. The molecule has 1 saturated heterocycles. The number of nitrogens with zero attached hydrogens (tertiary/aromatic N) is 4. The number of piperazine rings is 1. The number of halogens is 1. The van der Waals surface area contributed by atoms with Crippen molar-refractivity contribution in [3.8, 4) is 0 Å². The molecule has 0 aliphatic carbocycles. The van der Waals surface area contributed by atoms with E-state index in [1.807, 2.05) is 16.4 Å². The summed E-state index contributed by atoms with van der Waals surface area (Å²) >= 11 is 5.96. The van der Waals surface area contributed by atoms with Crippen LogP contribution in [0.1, 0.15) is 12.7 Å². The second-order valence-corrected chi connectivity index (χ2v) is 5.53. The lowest BCUT2D eigenvalue weighted by atomic mass is 10.3. The molecule has 0 bridgehead atoms. The van der Waals surface area contributed by atoms with Crippen LogP contribution in [0.3, 0.4) is 0 Å². The summed E-state index contributed by atoms with van der Waals surface area (Å²) in [5, 5.41) is 3.81. The van der Waals surface area contributed by atoms with Crippen molar-refractivity contribution in [1.29, 1.82) is 0 Å². The Kier molecular flexibility index (Phi) is 4.07. The van der Waals surface area contributed by atoms with E-state index < -0.39 is 0 Å². The average Bonchev–Trinajstić information content (AvgIpc) is 2.85. The van der Waals surface area contributed by atoms with Crippen LogP contribution in [0.2, 0.25) is 5.02 Å². The molecule has 1 amide bonds. The maximum Gasteiger partial charge on any atom is 0.242 e. The van der Waals surface area contributed by atoms with Crippen LogP contribution in [0.5, 0.6) is 0 Å². The topological polar surface area (TPSA) is 63.1 Å². The third-order valence-electron chi connectivity index (χ3n) is 3.71. The molecule has 2 aromatic rings. The molecule has 6 nitrogen and oxygen atoms in total. The Hall–Kier alpha value is -1.66. The summed E-state index contributed by atoms with van der Waals surface area (Å²) < 4.78 is 1.90. The second-order valence-electron chi connectivity index (χ2n) is 5.09. The summed E-state index contributed by atoms with van der Waals surface area (Å²) in [5.41, 5.74) is 1.46. The van der Waals surface area contributed by atoms with Crippen LogP contribution < -0.4 is 5.32 Å². The van der Waals surface area contributed by atoms with E-state index in [4.69, 9.17) is 11.6 Å². The van der Waals surface area contributed by atoms with Gasteiger partial charge in [-0.05, 0) is 6.07 Å². The third kappa shape index (κ3) is 2.87. The number of imidazole rings is 1. The average molecular weight is 308 g/mol. The number of amides is 1. The van der Waals surface area contributed by atoms with Crippen LogP contribution in [-0.4, -0.2) is 51.5 Å². The number of pyridine rings is 1. The van der Waals surface area contributed by atoms with Gasteiger partial charge in [-0.2, -0.15) is 0 Å². The molecule has 0 radical (unpaired) electrons. The van der Waals surface area contributed by atoms with Gasteiger partial charge in [0, 0.05) is 38.8 Å². The molecule has 112 valence electrons. The molecule has 0 spiro atoms. The molecule has 0 saturated carbocycles. The lowest BCUT2D eigenvalue weighted by molar-refractivity contribution is -0.132. The van der Waals surface area contributed by atoms with Crippen molar-refractivity contribution in [2.24, 2.45) is 0 Å². The summed E-state index contributed by atoms with van der Waals surface area (Å²) in [6, 6.07) is 1.79. The van der Waals surface area contributed by atoms with Gasteiger partial charge in [-0.1, -0.05) is 18.5 Å². The number of rotatable bonds is 3. The Balaban J connectivity index is 1.89. The molecule has 21 heavy (non-hydrogen) atoms. The predicted molar refractivity (Wildman–Crippen MR) is 81.4 cm³/mol. The van der Waals surface area contributed by atoms with Gasteiger partial charge >= 0.3 is 0 Å². The highest BCUT2D eigenvalue weighted by atomic mass is 35.5. The van der Waals surface area contributed by atoms with Gasteiger partial charge < -0.3 is 14.8 Å². The molecule has 3 heterocycles. The van der Waals surface area contributed by atoms with Crippen molar-refractivity contribution in [3.63, 3.8) is 0 Å². The molecule has 0 atom stereocenters. The molecule has 1 N–H and O–H groups in total. The number of carbonyl (C=O) groups excluding carboxylic acids is 1. The Morgan fingerprint density at radius 2 is 2.19 bits per heavy atom. The molecular weight excluding hydrogens is 290 g/mol. The van der Waals surface area contributed by atoms with Crippen molar-refractivity contribution in [1.82, 2.24) is 24.8 Å². The molecule has 1 aliphatic rings. The number of nitrogens with one attached hydrogen (secondary N) is 1. The minimum absolute atomic E-state index is 0.113. The quantitative estimate of drug-likeness (QED) is 0.921. The largest absolute Gasteiger partial charge is 0.339 e. The van der Waals surface area contributed by atoms with Gasteiger partial charge in [-0.3, -0.25) is 4.79 Å². The van der Waals surface area contributed by atoms with Gasteiger partial charge in [0.2, 0.25) is 5.91 Å². The zero-order valence-electron chi connectivity index (χ0n) is 12.0. The molecule has 2 aromatic heterocycles. The van der Waals surface area contributed by atoms with Crippen LogP contribution >= 0.6 is 11.6 Å².